The smallest absolute Gasteiger partial charge is 0.407 e. The van der Waals surface area contributed by atoms with Crippen molar-refractivity contribution in [2.75, 3.05) is 25.0 Å². The van der Waals surface area contributed by atoms with Gasteiger partial charge in [-0.15, -0.1) is 0 Å². The molecule has 0 aliphatic carbocycles. The number of thioether (sulfide) groups is 1. The molecule has 1 aromatic carbocycles. The Labute approximate surface area is 210 Å². The van der Waals surface area contributed by atoms with Gasteiger partial charge in [0, 0.05) is 20.1 Å². The molecule has 1 unspecified atom stereocenters. The fourth-order valence-corrected chi connectivity index (χ4v) is 4.38. The average Bonchev–Trinajstić information content (AvgIpc) is 2.80. The summed E-state index contributed by atoms with van der Waals surface area (Å²) in [5.41, 5.74) is 6.84. The Morgan fingerprint density at radius 1 is 1.20 bits per heavy atom. The Bertz CT molecular complexity index is 1150. The second kappa shape index (κ2) is 12.1. The predicted octanol–water partition coefficient (Wildman–Crippen LogP) is 3.67. The number of rotatable bonds is 9. The zero-order valence-electron chi connectivity index (χ0n) is 20.6. The number of nitrogens with one attached hydrogen (secondary N) is 1. The molecule has 0 saturated carbocycles. The number of ether oxygens (including phenoxy) is 1. The maximum atomic E-state index is 12.3. The Morgan fingerprint density at radius 2 is 1.83 bits per heavy atom. The van der Waals surface area contributed by atoms with Crippen LogP contribution in [0.15, 0.2) is 35.4 Å². The van der Waals surface area contributed by atoms with E-state index in [1.165, 1.54) is 0 Å². The minimum atomic E-state index is -0.763. The summed E-state index contributed by atoms with van der Waals surface area (Å²) in [6.07, 6.45) is -0.123. The molecule has 184 valence electrons. The van der Waals surface area contributed by atoms with Crippen LogP contribution >= 0.6 is 11.8 Å². The molecule has 0 aliphatic heterocycles. The van der Waals surface area contributed by atoms with Crippen LogP contribution in [0.5, 0.6) is 0 Å². The molecule has 0 fully saturated rings. The van der Waals surface area contributed by atoms with Gasteiger partial charge in [-0.3, -0.25) is 4.79 Å². The fourth-order valence-electron chi connectivity index (χ4n) is 3.32. The fraction of sp³-hybridized carbons (Fsp3) is 0.400. The van der Waals surface area contributed by atoms with Gasteiger partial charge >= 0.3 is 6.09 Å². The zero-order valence-corrected chi connectivity index (χ0v) is 21.4. The van der Waals surface area contributed by atoms with Crippen LogP contribution in [-0.4, -0.2) is 42.7 Å². The first-order valence-corrected chi connectivity index (χ1v) is 12.0. The van der Waals surface area contributed by atoms with Gasteiger partial charge in [-0.25, -0.2) is 9.78 Å². The number of likely N-dealkylation sites (N-methyl/N-ethyl adjacent to an activating group) is 1. The summed E-state index contributed by atoms with van der Waals surface area (Å²) in [7, 11) is 1.74. The number of hydrogen-bond donors (Lipinski definition) is 2. The van der Waals surface area contributed by atoms with Crippen molar-refractivity contribution in [3.8, 4) is 12.1 Å². The summed E-state index contributed by atoms with van der Waals surface area (Å²) in [5.74, 6) is -0.209. The second-order valence-electron chi connectivity index (χ2n) is 8.71. The molecule has 1 atom stereocenters. The number of benzene rings is 1. The van der Waals surface area contributed by atoms with Crippen LogP contribution in [0.3, 0.4) is 0 Å². The second-order valence-corrected chi connectivity index (χ2v) is 9.80. The molecule has 1 heterocycles. The molecule has 0 spiro atoms. The molecule has 0 aliphatic rings. The third kappa shape index (κ3) is 7.36. The van der Waals surface area contributed by atoms with Crippen LogP contribution in [0, 0.1) is 22.7 Å². The van der Waals surface area contributed by atoms with Gasteiger partial charge in [-0.05, 0) is 38.3 Å². The first-order chi connectivity index (χ1) is 16.5. The molecule has 0 saturated heterocycles. The van der Waals surface area contributed by atoms with Crippen LogP contribution in [-0.2, 0) is 16.0 Å². The molecule has 2 amide bonds. The van der Waals surface area contributed by atoms with Crippen LogP contribution in [0.1, 0.15) is 55.2 Å². The number of nitrogens with two attached hydrogens (primary N) is 1. The summed E-state index contributed by atoms with van der Waals surface area (Å²) in [4.78, 5) is 30.6. The van der Waals surface area contributed by atoms with Crippen LogP contribution in [0.25, 0.3) is 0 Å². The van der Waals surface area contributed by atoms with Gasteiger partial charge in [0.2, 0.25) is 5.91 Å². The number of primary amides is 1. The van der Waals surface area contributed by atoms with Gasteiger partial charge in [0.05, 0.1) is 11.1 Å². The molecule has 10 heteroatoms. The molecule has 3 N–H and O–H groups in total. The highest BCUT2D eigenvalue weighted by Gasteiger charge is 2.26. The number of amides is 2. The lowest BCUT2D eigenvalue weighted by Gasteiger charge is -2.24. The van der Waals surface area contributed by atoms with Gasteiger partial charge < -0.3 is 20.7 Å². The molecule has 0 bridgehead atoms. The summed E-state index contributed by atoms with van der Waals surface area (Å²) in [6, 6.07) is 13.3. The SMILES string of the molecule is CCc1c(C#N)c(SC(C(N)=O)c2ccccc2)nc(N(C)CCNC(=O)OC(C)(C)C)c1C#N. The summed E-state index contributed by atoms with van der Waals surface area (Å²) in [5, 5.41) is 22.0. The lowest BCUT2D eigenvalue weighted by atomic mass is 10.0. The van der Waals surface area contributed by atoms with E-state index in [0.717, 1.165) is 11.8 Å². The van der Waals surface area contributed by atoms with E-state index >= 15 is 0 Å². The van der Waals surface area contributed by atoms with E-state index in [2.05, 4.69) is 22.4 Å². The minimum absolute atomic E-state index is 0.246. The van der Waals surface area contributed by atoms with E-state index in [-0.39, 0.29) is 17.7 Å². The highest BCUT2D eigenvalue weighted by Crippen LogP contribution is 2.39. The lowest BCUT2D eigenvalue weighted by molar-refractivity contribution is -0.117. The van der Waals surface area contributed by atoms with Crippen molar-refractivity contribution in [1.82, 2.24) is 10.3 Å². The number of carbonyl (C=O) groups is 2. The molecular weight excluding hydrogens is 464 g/mol. The van der Waals surface area contributed by atoms with E-state index in [4.69, 9.17) is 10.5 Å². The van der Waals surface area contributed by atoms with E-state index in [9.17, 15) is 20.1 Å². The monoisotopic (exact) mass is 494 g/mol. The highest BCUT2D eigenvalue weighted by molar-refractivity contribution is 8.00. The normalized spacial score (nSPS) is 11.6. The lowest BCUT2D eigenvalue weighted by Crippen LogP contribution is -2.37. The standard InChI is InChI=1S/C25H30N6O3S/c1-6-17-18(14-26)22(31(5)13-12-29-24(33)34-25(2,3)4)30-23(19(17)15-27)35-20(21(28)32)16-10-8-7-9-11-16/h7-11,20H,6,12-13H2,1-5H3,(H2,28,32)(H,29,33). The number of anilines is 1. The third-order valence-electron chi connectivity index (χ3n) is 4.89. The number of pyridine rings is 1. The maximum Gasteiger partial charge on any atom is 0.407 e. The Hall–Kier alpha value is -3.76. The van der Waals surface area contributed by atoms with Crippen LogP contribution in [0.4, 0.5) is 10.6 Å². The Kier molecular flexibility index (Phi) is 9.50. The Morgan fingerprint density at radius 3 is 2.34 bits per heavy atom. The minimum Gasteiger partial charge on any atom is -0.444 e. The summed E-state index contributed by atoms with van der Waals surface area (Å²) >= 11 is 1.08. The van der Waals surface area contributed by atoms with Gasteiger partial charge in [0.1, 0.15) is 33.8 Å². The van der Waals surface area contributed by atoms with Crippen molar-refractivity contribution in [1.29, 1.82) is 10.5 Å². The third-order valence-corrected chi connectivity index (χ3v) is 6.15. The number of carbonyl (C=O) groups excluding carboxylic acids is 2. The van der Waals surface area contributed by atoms with E-state index in [0.29, 0.717) is 34.9 Å². The van der Waals surface area contributed by atoms with Crippen molar-refractivity contribution in [2.24, 2.45) is 5.73 Å². The van der Waals surface area contributed by atoms with Crippen molar-refractivity contribution in [3.05, 3.63) is 52.6 Å². The van der Waals surface area contributed by atoms with E-state index in [1.54, 1.807) is 57.0 Å². The quantitative estimate of drug-likeness (QED) is 0.502. The first-order valence-electron chi connectivity index (χ1n) is 11.1. The molecule has 2 aromatic rings. The number of alkyl carbamates (subject to hydrolysis) is 1. The van der Waals surface area contributed by atoms with E-state index < -0.39 is 22.9 Å². The van der Waals surface area contributed by atoms with Gasteiger partial charge in [0.25, 0.3) is 0 Å². The maximum absolute atomic E-state index is 12.3. The van der Waals surface area contributed by atoms with Crippen LogP contribution in [0.2, 0.25) is 0 Å². The van der Waals surface area contributed by atoms with Crippen molar-refractivity contribution < 1.29 is 14.3 Å². The van der Waals surface area contributed by atoms with Crippen molar-refractivity contribution in [3.63, 3.8) is 0 Å². The van der Waals surface area contributed by atoms with Crippen molar-refractivity contribution >= 4 is 29.6 Å². The zero-order chi connectivity index (χ0) is 26.2. The molecule has 9 nitrogen and oxygen atoms in total. The average molecular weight is 495 g/mol. The molecule has 35 heavy (non-hydrogen) atoms. The summed E-state index contributed by atoms with van der Waals surface area (Å²) in [6.45, 7) is 7.76. The first kappa shape index (κ1) is 27.5. The number of nitrogens with zero attached hydrogens (tertiary/aromatic N) is 4. The number of hydrogen-bond acceptors (Lipinski definition) is 8. The summed E-state index contributed by atoms with van der Waals surface area (Å²) < 4.78 is 5.24. The molecular formula is C25H30N6O3S. The van der Waals surface area contributed by atoms with Gasteiger partial charge in [0.15, 0.2) is 0 Å². The Balaban J connectivity index is 2.41. The largest absolute Gasteiger partial charge is 0.444 e. The predicted molar refractivity (Wildman–Crippen MR) is 135 cm³/mol. The van der Waals surface area contributed by atoms with E-state index in [1.807, 2.05) is 13.0 Å². The molecule has 1 aromatic heterocycles. The topological polar surface area (TPSA) is 145 Å². The molecule has 0 radical (unpaired) electrons. The number of nitriles is 2. The number of aromatic nitrogens is 1. The van der Waals surface area contributed by atoms with Crippen molar-refractivity contribution in [2.45, 2.75) is 50.0 Å². The highest BCUT2D eigenvalue weighted by atomic mass is 32.2. The van der Waals surface area contributed by atoms with Gasteiger partial charge in [-0.1, -0.05) is 49.0 Å². The molecule has 2 rings (SSSR count). The van der Waals surface area contributed by atoms with Gasteiger partial charge in [-0.2, -0.15) is 10.5 Å². The van der Waals surface area contributed by atoms with Crippen LogP contribution < -0.4 is 16.0 Å².